The van der Waals surface area contributed by atoms with E-state index in [0.29, 0.717) is 34.2 Å². The number of hydrogen-bond donors (Lipinski definition) is 1. The maximum absolute atomic E-state index is 13.7. The highest BCUT2D eigenvalue weighted by molar-refractivity contribution is 6.09. The zero-order chi connectivity index (χ0) is 21.7. The molecule has 32 heavy (non-hydrogen) atoms. The predicted octanol–water partition coefficient (Wildman–Crippen LogP) is 5.35. The zero-order valence-electron chi connectivity index (χ0n) is 17.9. The average molecular weight is 425 g/mol. The molecule has 6 rings (SSSR count). The first kappa shape index (κ1) is 19.2. The van der Waals surface area contributed by atoms with Crippen LogP contribution in [-0.4, -0.2) is 21.0 Å². The number of carbonyl (C=O) groups excluding carboxylic acids is 1. The van der Waals surface area contributed by atoms with Crippen molar-refractivity contribution in [1.29, 1.82) is 0 Å². The number of pyridine rings is 2. The minimum atomic E-state index is -0.125. The molecule has 1 aromatic carbocycles. The van der Waals surface area contributed by atoms with Gasteiger partial charge in [-0.15, -0.1) is 0 Å². The van der Waals surface area contributed by atoms with Gasteiger partial charge in [0.05, 0.1) is 22.7 Å². The molecule has 3 aromatic heterocycles. The number of rotatable bonds is 6. The molecule has 160 valence electrons. The van der Waals surface area contributed by atoms with Gasteiger partial charge in [-0.05, 0) is 56.7 Å². The van der Waals surface area contributed by atoms with Gasteiger partial charge in [0, 0.05) is 22.9 Å². The molecule has 3 heterocycles. The number of amides is 1. The Morgan fingerprint density at radius 1 is 1.03 bits per heavy atom. The summed E-state index contributed by atoms with van der Waals surface area (Å²) < 4.78 is 5.62. The van der Waals surface area contributed by atoms with Gasteiger partial charge in [-0.25, -0.2) is 4.98 Å². The third-order valence-corrected chi connectivity index (χ3v) is 6.36. The fraction of sp³-hybridized carbons (Fsp3) is 0.308. The van der Waals surface area contributed by atoms with Gasteiger partial charge >= 0.3 is 0 Å². The summed E-state index contributed by atoms with van der Waals surface area (Å²) in [6.45, 7) is 1.98. The van der Waals surface area contributed by atoms with E-state index in [1.165, 1.54) is 0 Å². The van der Waals surface area contributed by atoms with Crippen LogP contribution in [0.4, 0.5) is 0 Å². The van der Waals surface area contributed by atoms with Gasteiger partial charge in [0.15, 0.2) is 0 Å². The molecule has 1 unspecified atom stereocenters. The molecule has 1 atom stereocenters. The Labute approximate surface area is 186 Å². The summed E-state index contributed by atoms with van der Waals surface area (Å²) in [5, 5.41) is 8.25. The topological polar surface area (TPSA) is 80.9 Å². The first-order valence-corrected chi connectivity index (χ1v) is 11.3. The van der Waals surface area contributed by atoms with Crippen molar-refractivity contribution >= 4 is 17.0 Å². The Hall–Kier alpha value is -3.54. The molecule has 0 aliphatic heterocycles. The largest absolute Gasteiger partial charge is 0.343 e. The number of carbonyl (C=O) groups is 1. The highest BCUT2D eigenvalue weighted by Crippen LogP contribution is 2.43. The van der Waals surface area contributed by atoms with Gasteiger partial charge in [-0.1, -0.05) is 41.6 Å². The van der Waals surface area contributed by atoms with E-state index in [1.807, 2.05) is 61.5 Å². The molecule has 4 aromatic rings. The molecule has 6 heteroatoms. The van der Waals surface area contributed by atoms with Crippen LogP contribution >= 0.6 is 0 Å². The van der Waals surface area contributed by atoms with E-state index < -0.39 is 0 Å². The highest BCUT2D eigenvalue weighted by atomic mass is 16.5. The van der Waals surface area contributed by atoms with Crippen molar-refractivity contribution in [3.8, 4) is 11.3 Å². The molecule has 2 fully saturated rings. The summed E-state index contributed by atoms with van der Waals surface area (Å²) in [5.74, 6) is 0.693. The normalized spacial score (nSPS) is 16.8. The number of hydrogen-bond acceptors (Lipinski definition) is 5. The lowest BCUT2D eigenvalue weighted by molar-refractivity contribution is 0.0932. The van der Waals surface area contributed by atoms with Crippen LogP contribution in [0.15, 0.2) is 59.1 Å². The first-order chi connectivity index (χ1) is 15.7. The Balaban J connectivity index is 1.44. The molecule has 0 bridgehead atoms. The number of benzene rings is 1. The quantitative estimate of drug-likeness (QED) is 0.451. The van der Waals surface area contributed by atoms with Gasteiger partial charge in [-0.3, -0.25) is 9.78 Å². The summed E-state index contributed by atoms with van der Waals surface area (Å²) in [6.07, 6.45) is 4.39. The number of aryl methyl sites for hydroxylation is 1. The maximum atomic E-state index is 13.7. The summed E-state index contributed by atoms with van der Waals surface area (Å²) in [6, 6.07) is 17.6. The van der Waals surface area contributed by atoms with Crippen LogP contribution in [0.1, 0.15) is 65.1 Å². The van der Waals surface area contributed by atoms with Gasteiger partial charge < -0.3 is 9.84 Å². The van der Waals surface area contributed by atoms with Crippen LogP contribution in [0.3, 0.4) is 0 Å². The number of nitrogens with one attached hydrogen (secondary N) is 1. The van der Waals surface area contributed by atoms with Gasteiger partial charge in [-0.2, -0.15) is 0 Å². The zero-order valence-corrected chi connectivity index (χ0v) is 17.9. The second-order valence-electron chi connectivity index (χ2n) is 8.94. The standard InChI is InChI=1S/C26H24N4O2/c1-15-6-5-9-20(27-15)23(18-12-13-18)29-25(31)19-14-21(16-10-11-16)28-26-22(19)24(30-32-26)17-7-3-2-4-8-17/h2-9,14,16,18,23H,10-13H2,1H3,(H,29,31). The van der Waals surface area contributed by atoms with Crippen LogP contribution in [0, 0.1) is 12.8 Å². The van der Waals surface area contributed by atoms with E-state index in [9.17, 15) is 4.79 Å². The summed E-state index contributed by atoms with van der Waals surface area (Å²) in [7, 11) is 0. The first-order valence-electron chi connectivity index (χ1n) is 11.3. The van der Waals surface area contributed by atoms with Crippen LogP contribution in [0.25, 0.3) is 22.4 Å². The van der Waals surface area contributed by atoms with Crippen molar-refractivity contribution in [2.75, 3.05) is 0 Å². The maximum Gasteiger partial charge on any atom is 0.259 e. The summed E-state index contributed by atoms with van der Waals surface area (Å²) in [5.41, 5.74) is 5.34. The third-order valence-electron chi connectivity index (χ3n) is 6.36. The summed E-state index contributed by atoms with van der Waals surface area (Å²) >= 11 is 0. The van der Waals surface area contributed by atoms with Crippen molar-refractivity contribution in [3.63, 3.8) is 0 Å². The van der Waals surface area contributed by atoms with Crippen molar-refractivity contribution in [1.82, 2.24) is 20.4 Å². The molecule has 2 aliphatic carbocycles. The molecule has 0 saturated heterocycles. The molecule has 0 radical (unpaired) electrons. The van der Waals surface area contributed by atoms with Crippen LogP contribution in [-0.2, 0) is 0 Å². The molecule has 0 spiro atoms. The lowest BCUT2D eigenvalue weighted by Gasteiger charge is -2.19. The number of fused-ring (bicyclic) bond motifs is 1. The Morgan fingerprint density at radius 2 is 1.84 bits per heavy atom. The van der Waals surface area contributed by atoms with E-state index in [-0.39, 0.29) is 11.9 Å². The lowest BCUT2D eigenvalue weighted by Crippen LogP contribution is -2.31. The minimum absolute atomic E-state index is 0.102. The van der Waals surface area contributed by atoms with Crippen LogP contribution in [0.2, 0.25) is 0 Å². The lowest BCUT2D eigenvalue weighted by atomic mass is 10.0. The monoisotopic (exact) mass is 424 g/mol. The van der Waals surface area contributed by atoms with Crippen molar-refractivity contribution < 1.29 is 9.32 Å². The second-order valence-corrected chi connectivity index (χ2v) is 8.94. The third kappa shape index (κ3) is 3.55. The van der Waals surface area contributed by atoms with E-state index in [4.69, 9.17) is 14.5 Å². The SMILES string of the molecule is Cc1cccc(C(NC(=O)c2cc(C3CC3)nc3onc(-c4ccccc4)c23)C2CC2)n1. The average Bonchev–Trinajstić information content (AvgIpc) is 3.74. The minimum Gasteiger partial charge on any atom is -0.343 e. The van der Waals surface area contributed by atoms with Crippen molar-refractivity contribution in [2.45, 2.75) is 44.6 Å². The Kier molecular flexibility index (Phi) is 4.52. The van der Waals surface area contributed by atoms with Gasteiger partial charge in [0.2, 0.25) is 0 Å². The molecule has 2 aliphatic rings. The number of aromatic nitrogens is 3. The predicted molar refractivity (Wildman–Crippen MR) is 121 cm³/mol. The van der Waals surface area contributed by atoms with E-state index in [0.717, 1.165) is 48.3 Å². The molecule has 2 saturated carbocycles. The van der Waals surface area contributed by atoms with Crippen molar-refractivity contribution in [3.05, 3.63) is 77.2 Å². The van der Waals surface area contributed by atoms with E-state index in [2.05, 4.69) is 10.5 Å². The molecular weight excluding hydrogens is 400 g/mol. The smallest absolute Gasteiger partial charge is 0.259 e. The second kappa shape index (κ2) is 7.55. The van der Waals surface area contributed by atoms with E-state index in [1.54, 1.807) is 0 Å². The fourth-order valence-corrected chi connectivity index (χ4v) is 4.35. The molecule has 6 nitrogen and oxygen atoms in total. The van der Waals surface area contributed by atoms with Crippen LogP contribution < -0.4 is 5.32 Å². The Bertz CT molecular complexity index is 1310. The van der Waals surface area contributed by atoms with E-state index >= 15 is 0 Å². The number of nitrogens with zero attached hydrogens (tertiary/aromatic N) is 3. The molecule has 1 N–H and O–H groups in total. The molecular formula is C26H24N4O2. The highest BCUT2D eigenvalue weighted by Gasteiger charge is 2.36. The van der Waals surface area contributed by atoms with Crippen LogP contribution in [0.5, 0.6) is 0 Å². The van der Waals surface area contributed by atoms with Gasteiger partial charge in [0.25, 0.3) is 11.6 Å². The molecule has 1 amide bonds. The fourth-order valence-electron chi connectivity index (χ4n) is 4.35. The van der Waals surface area contributed by atoms with Crippen molar-refractivity contribution in [2.24, 2.45) is 5.92 Å². The van der Waals surface area contributed by atoms with Gasteiger partial charge in [0.1, 0.15) is 5.69 Å². The Morgan fingerprint density at radius 3 is 2.56 bits per heavy atom. The summed E-state index contributed by atoms with van der Waals surface area (Å²) in [4.78, 5) is 23.1.